The van der Waals surface area contributed by atoms with Crippen molar-refractivity contribution in [1.29, 1.82) is 0 Å². The number of nitrogens with zero attached hydrogens (tertiary/aromatic N) is 1. The molecule has 0 saturated carbocycles. The normalized spacial score (nSPS) is 10.6. The number of ether oxygens (including phenoxy) is 3. The summed E-state index contributed by atoms with van der Waals surface area (Å²) in [6.45, 7) is 2.28. The second kappa shape index (κ2) is 9.23. The number of nitro benzene ring substituents is 1. The number of esters is 1. The Kier molecular flexibility index (Phi) is 6.03. The Hall–Kier alpha value is -4.66. The van der Waals surface area contributed by atoms with Gasteiger partial charge in [-0.25, -0.2) is 4.79 Å². The summed E-state index contributed by atoms with van der Waals surface area (Å²) in [4.78, 5) is 35.4. The van der Waals surface area contributed by atoms with Crippen LogP contribution in [0.3, 0.4) is 0 Å². The minimum atomic E-state index is -0.709. The standard InChI is InChI=1S/C24H17NO8/c1-2-30-19-5-3-4-6-20(19)33-22-14-31-21-13-17(11-12-18(21)23(22)26)32-24(27)15-7-9-16(10-8-15)25(28)29/h3-14H,2H2,1H3. The molecule has 0 aliphatic heterocycles. The molecular formula is C24H17NO8. The van der Waals surface area contributed by atoms with Crippen molar-refractivity contribution in [3.63, 3.8) is 0 Å². The average molecular weight is 447 g/mol. The van der Waals surface area contributed by atoms with Gasteiger partial charge in [0.2, 0.25) is 11.2 Å². The summed E-state index contributed by atoms with van der Waals surface area (Å²) in [6, 6.07) is 16.3. The number of non-ortho nitro benzene ring substituents is 1. The van der Waals surface area contributed by atoms with Gasteiger partial charge in [0.1, 0.15) is 17.6 Å². The molecule has 0 spiro atoms. The van der Waals surface area contributed by atoms with Gasteiger partial charge in [-0.05, 0) is 43.3 Å². The third-order valence-corrected chi connectivity index (χ3v) is 4.61. The number of hydrogen-bond acceptors (Lipinski definition) is 8. The van der Waals surface area contributed by atoms with Gasteiger partial charge in [-0.1, -0.05) is 12.1 Å². The zero-order valence-corrected chi connectivity index (χ0v) is 17.3. The van der Waals surface area contributed by atoms with Crippen LogP contribution in [0.15, 0.2) is 82.2 Å². The maximum absolute atomic E-state index is 12.9. The highest BCUT2D eigenvalue weighted by Gasteiger charge is 2.15. The maximum atomic E-state index is 12.9. The molecule has 0 bridgehead atoms. The van der Waals surface area contributed by atoms with Crippen molar-refractivity contribution in [3.8, 4) is 23.0 Å². The van der Waals surface area contributed by atoms with E-state index < -0.39 is 16.3 Å². The quantitative estimate of drug-likeness (QED) is 0.166. The van der Waals surface area contributed by atoms with Crippen LogP contribution >= 0.6 is 0 Å². The molecular weight excluding hydrogens is 430 g/mol. The van der Waals surface area contributed by atoms with Crippen LogP contribution in [0.5, 0.6) is 23.0 Å². The van der Waals surface area contributed by atoms with Crippen molar-refractivity contribution < 1.29 is 28.3 Å². The van der Waals surface area contributed by atoms with Gasteiger partial charge in [-0.2, -0.15) is 0 Å². The number of nitro groups is 1. The minimum Gasteiger partial charge on any atom is -0.490 e. The SMILES string of the molecule is CCOc1ccccc1Oc1coc2cc(OC(=O)c3ccc([N+](=O)[O-])cc3)ccc2c1=O. The van der Waals surface area contributed by atoms with E-state index in [9.17, 15) is 19.7 Å². The largest absolute Gasteiger partial charge is 0.490 e. The Morgan fingerprint density at radius 2 is 1.73 bits per heavy atom. The second-order valence-electron chi connectivity index (χ2n) is 6.76. The Morgan fingerprint density at radius 1 is 1.00 bits per heavy atom. The predicted molar refractivity (Wildman–Crippen MR) is 118 cm³/mol. The second-order valence-corrected chi connectivity index (χ2v) is 6.76. The Labute approximate surface area is 186 Å². The van der Waals surface area contributed by atoms with Crippen LogP contribution in [0, 0.1) is 10.1 Å². The molecule has 0 saturated heterocycles. The number of carbonyl (C=O) groups excluding carboxylic acids is 1. The Balaban J connectivity index is 1.56. The number of rotatable bonds is 7. The fourth-order valence-corrected chi connectivity index (χ4v) is 3.04. The van der Waals surface area contributed by atoms with Crippen molar-refractivity contribution >= 4 is 22.6 Å². The van der Waals surface area contributed by atoms with Crippen LogP contribution < -0.4 is 19.6 Å². The molecule has 4 rings (SSSR count). The van der Waals surface area contributed by atoms with Gasteiger partial charge < -0.3 is 18.6 Å². The highest BCUT2D eigenvalue weighted by molar-refractivity contribution is 5.92. The lowest BCUT2D eigenvalue weighted by molar-refractivity contribution is -0.384. The fraction of sp³-hybridized carbons (Fsp3) is 0.0833. The molecule has 0 fully saturated rings. The number of carbonyl (C=O) groups is 1. The molecule has 0 N–H and O–H groups in total. The van der Waals surface area contributed by atoms with Gasteiger partial charge in [0.15, 0.2) is 11.5 Å². The molecule has 1 aromatic heterocycles. The van der Waals surface area contributed by atoms with Gasteiger partial charge in [-0.15, -0.1) is 0 Å². The van der Waals surface area contributed by atoms with Crippen LogP contribution in [0.25, 0.3) is 11.0 Å². The molecule has 0 radical (unpaired) electrons. The Bertz CT molecular complexity index is 1390. The molecule has 1 heterocycles. The van der Waals surface area contributed by atoms with Crippen molar-refractivity contribution in [2.75, 3.05) is 6.61 Å². The molecule has 3 aromatic carbocycles. The predicted octanol–water partition coefficient (Wildman–Crippen LogP) is 5.11. The van der Waals surface area contributed by atoms with E-state index in [-0.39, 0.29) is 33.7 Å². The Morgan fingerprint density at radius 3 is 2.42 bits per heavy atom. The van der Waals surface area contributed by atoms with E-state index in [1.807, 2.05) is 6.92 Å². The molecule has 0 unspecified atom stereocenters. The van der Waals surface area contributed by atoms with Crippen LogP contribution in [0.1, 0.15) is 17.3 Å². The molecule has 0 amide bonds. The molecule has 0 aliphatic rings. The highest BCUT2D eigenvalue weighted by atomic mass is 16.6. The molecule has 4 aromatic rings. The van der Waals surface area contributed by atoms with Gasteiger partial charge >= 0.3 is 5.97 Å². The van der Waals surface area contributed by atoms with Crippen molar-refractivity contribution in [2.45, 2.75) is 6.92 Å². The smallest absolute Gasteiger partial charge is 0.343 e. The van der Waals surface area contributed by atoms with Crippen molar-refractivity contribution in [2.24, 2.45) is 0 Å². The topological polar surface area (TPSA) is 118 Å². The zero-order valence-electron chi connectivity index (χ0n) is 17.3. The van der Waals surface area contributed by atoms with E-state index in [0.717, 1.165) is 0 Å². The maximum Gasteiger partial charge on any atom is 0.343 e. The lowest BCUT2D eigenvalue weighted by atomic mass is 10.2. The number of benzene rings is 3. The van der Waals surface area contributed by atoms with Gasteiger partial charge in [0.05, 0.1) is 22.5 Å². The molecule has 166 valence electrons. The molecule has 9 nitrogen and oxygen atoms in total. The van der Waals surface area contributed by atoms with E-state index in [4.69, 9.17) is 18.6 Å². The summed E-state index contributed by atoms with van der Waals surface area (Å²) in [5, 5.41) is 11.0. The average Bonchev–Trinajstić information content (AvgIpc) is 2.82. The van der Waals surface area contributed by atoms with Crippen molar-refractivity contribution in [3.05, 3.63) is 98.9 Å². The van der Waals surface area contributed by atoms with Crippen LogP contribution in [0.4, 0.5) is 5.69 Å². The first-order valence-electron chi connectivity index (χ1n) is 9.88. The van der Waals surface area contributed by atoms with Crippen LogP contribution in [-0.4, -0.2) is 17.5 Å². The molecule has 33 heavy (non-hydrogen) atoms. The summed E-state index contributed by atoms with van der Waals surface area (Å²) < 4.78 is 22.1. The van der Waals surface area contributed by atoms with Gasteiger partial charge in [-0.3, -0.25) is 14.9 Å². The summed E-state index contributed by atoms with van der Waals surface area (Å²) in [5.74, 6) is 0.279. The third-order valence-electron chi connectivity index (χ3n) is 4.61. The highest BCUT2D eigenvalue weighted by Crippen LogP contribution is 2.31. The first-order valence-corrected chi connectivity index (χ1v) is 9.88. The summed E-state index contributed by atoms with van der Waals surface area (Å²) in [6.07, 6.45) is 1.18. The first kappa shape index (κ1) is 21.6. The summed E-state index contributed by atoms with van der Waals surface area (Å²) >= 11 is 0. The van der Waals surface area contributed by atoms with E-state index in [2.05, 4.69) is 0 Å². The van der Waals surface area contributed by atoms with Crippen molar-refractivity contribution in [1.82, 2.24) is 0 Å². The number of hydrogen-bond donors (Lipinski definition) is 0. The van der Waals surface area contributed by atoms with E-state index in [1.165, 1.54) is 48.7 Å². The minimum absolute atomic E-state index is 0.0229. The van der Waals surface area contributed by atoms with Gasteiger partial charge in [0, 0.05) is 18.2 Å². The zero-order chi connectivity index (χ0) is 23.4. The van der Waals surface area contributed by atoms with Gasteiger partial charge in [0.25, 0.3) is 5.69 Å². The lowest BCUT2D eigenvalue weighted by Crippen LogP contribution is -2.09. The van der Waals surface area contributed by atoms with Crippen LogP contribution in [0.2, 0.25) is 0 Å². The lowest BCUT2D eigenvalue weighted by Gasteiger charge is -2.11. The molecule has 0 atom stereocenters. The van der Waals surface area contributed by atoms with Crippen LogP contribution in [-0.2, 0) is 0 Å². The molecule has 0 aliphatic carbocycles. The van der Waals surface area contributed by atoms with E-state index in [1.54, 1.807) is 24.3 Å². The monoisotopic (exact) mass is 447 g/mol. The first-order chi connectivity index (χ1) is 16.0. The number of fused-ring (bicyclic) bond motifs is 1. The number of para-hydroxylation sites is 2. The third kappa shape index (κ3) is 4.67. The summed E-state index contributed by atoms with van der Waals surface area (Å²) in [5.41, 5.74) is -0.213. The van der Waals surface area contributed by atoms with E-state index in [0.29, 0.717) is 18.1 Å². The molecule has 9 heteroatoms. The van der Waals surface area contributed by atoms with E-state index >= 15 is 0 Å². The fourth-order valence-electron chi connectivity index (χ4n) is 3.04. The summed E-state index contributed by atoms with van der Waals surface area (Å²) in [7, 11) is 0.